The second-order valence-corrected chi connectivity index (χ2v) is 9.20. The number of nitrogens with zero attached hydrogens (tertiary/aromatic N) is 1. The average Bonchev–Trinajstić information content (AvgIpc) is 2.67. The molecular weight excluding hydrogens is 435 g/mol. The number of benzene rings is 2. The highest BCUT2D eigenvalue weighted by molar-refractivity contribution is 9.10. The molecule has 2 aromatic carbocycles. The molecule has 1 aliphatic heterocycles. The molecule has 1 unspecified atom stereocenters. The van der Waals surface area contributed by atoms with E-state index < -0.39 is 27.8 Å². The molecule has 1 N–H and O–H groups in total. The lowest BCUT2D eigenvalue weighted by atomic mass is 10.0. The molecule has 2 aromatic rings. The molecular formula is C19H20BrFN2O3S. The van der Waals surface area contributed by atoms with Gasteiger partial charge in [0.1, 0.15) is 11.9 Å². The highest BCUT2D eigenvalue weighted by Crippen LogP contribution is 2.26. The van der Waals surface area contributed by atoms with Gasteiger partial charge in [0.2, 0.25) is 15.9 Å². The van der Waals surface area contributed by atoms with Gasteiger partial charge >= 0.3 is 0 Å². The van der Waals surface area contributed by atoms with Crippen LogP contribution in [0.2, 0.25) is 0 Å². The molecule has 27 heavy (non-hydrogen) atoms. The van der Waals surface area contributed by atoms with Gasteiger partial charge in [-0.05, 0) is 43.2 Å². The Morgan fingerprint density at radius 3 is 2.56 bits per heavy atom. The van der Waals surface area contributed by atoms with Crippen LogP contribution in [0.15, 0.2) is 57.9 Å². The van der Waals surface area contributed by atoms with Gasteiger partial charge < -0.3 is 5.32 Å². The Kier molecular flexibility index (Phi) is 6.29. The lowest BCUT2D eigenvalue weighted by molar-refractivity contribution is -0.125. The van der Waals surface area contributed by atoms with Crippen molar-refractivity contribution in [3.05, 3.63) is 64.4 Å². The molecule has 0 aromatic heterocycles. The van der Waals surface area contributed by atoms with Gasteiger partial charge in [-0.1, -0.05) is 40.5 Å². The van der Waals surface area contributed by atoms with Crippen LogP contribution >= 0.6 is 15.9 Å². The van der Waals surface area contributed by atoms with Gasteiger partial charge in [-0.15, -0.1) is 0 Å². The van der Waals surface area contributed by atoms with Gasteiger partial charge in [-0.2, -0.15) is 4.31 Å². The van der Waals surface area contributed by atoms with Crippen LogP contribution in [-0.4, -0.2) is 31.2 Å². The zero-order chi connectivity index (χ0) is 19.4. The van der Waals surface area contributed by atoms with Crippen molar-refractivity contribution in [1.29, 1.82) is 0 Å². The van der Waals surface area contributed by atoms with Crippen LogP contribution in [0.3, 0.4) is 0 Å². The topological polar surface area (TPSA) is 66.5 Å². The van der Waals surface area contributed by atoms with Crippen molar-refractivity contribution in [2.24, 2.45) is 0 Å². The molecule has 3 rings (SSSR count). The summed E-state index contributed by atoms with van der Waals surface area (Å²) in [5.74, 6) is -0.806. The molecule has 144 valence electrons. The number of hydrogen-bond acceptors (Lipinski definition) is 3. The van der Waals surface area contributed by atoms with Crippen molar-refractivity contribution in [1.82, 2.24) is 9.62 Å². The van der Waals surface area contributed by atoms with Crippen LogP contribution in [0, 0.1) is 5.82 Å². The van der Waals surface area contributed by atoms with Crippen LogP contribution in [0.1, 0.15) is 24.8 Å². The minimum absolute atomic E-state index is 0.0220. The Hall–Kier alpha value is -1.77. The number of hydrogen-bond donors (Lipinski definition) is 1. The SMILES string of the molecule is O=C(NCc1ccccc1F)C1CCCCN1S(=O)(=O)c1ccc(Br)cc1. The predicted octanol–water partition coefficient (Wildman–Crippen LogP) is 3.45. The highest BCUT2D eigenvalue weighted by Gasteiger charge is 2.37. The van der Waals surface area contributed by atoms with Gasteiger partial charge in [0.15, 0.2) is 0 Å². The van der Waals surface area contributed by atoms with E-state index in [-0.39, 0.29) is 18.0 Å². The predicted molar refractivity (Wildman–Crippen MR) is 104 cm³/mol. The van der Waals surface area contributed by atoms with Gasteiger partial charge in [0, 0.05) is 23.1 Å². The standard InChI is InChI=1S/C19H20BrFN2O3S/c20-15-8-10-16(11-9-15)27(25,26)23-12-4-3-7-18(23)19(24)22-13-14-5-1-2-6-17(14)21/h1-2,5-6,8-11,18H,3-4,7,12-13H2,(H,22,24). The fourth-order valence-electron chi connectivity index (χ4n) is 3.14. The van der Waals surface area contributed by atoms with Crippen molar-refractivity contribution in [3.63, 3.8) is 0 Å². The van der Waals surface area contributed by atoms with Crippen molar-refractivity contribution in [2.45, 2.75) is 36.7 Å². The highest BCUT2D eigenvalue weighted by atomic mass is 79.9. The summed E-state index contributed by atoms with van der Waals surface area (Å²) in [6.45, 7) is 0.310. The first-order valence-corrected chi connectivity index (χ1v) is 10.9. The summed E-state index contributed by atoms with van der Waals surface area (Å²) < 4.78 is 41.8. The van der Waals surface area contributed by atoms with Crippen LogP contribution in [0.25, 0.3) is 0 Å². The maximum absolute atomic E-state index is 13.7. The van der Waals surface area contributed by atoms with Crippen LogP contribution in [0.4, 0.5) is 4.39 Å². The Bertz CT molecular complexity index is 919. The number of sulfonamides is 1. The van der Waals surface area contributed by atoms with E-state index in [0.717, 1.165) is 10.9 Å². The summed E-state index contributed by atoms with van der Waals surface area (Å²) in [5.41, 5.74) is 0.365. The lowest BCUT2D eigenvalue weighted by Crippen LogP contribution is -2.51. The number of nitrogens with one attached hydrogen (secondary N) is 1. The fourth-order valence-corrected chi connectivity index (χ4v) is 5.06. The second-order valence-electron chi connectivity index (χ2n) is 6.39. The third kappa shape index (κ3) is 4.56. The summed E-state index contributed by atoms with van der Waals surface area (Å²) in [4.78, 5) is 12.8. The minimum atomic E-state index is -3.79. The first kappa shape index (κ1) is 20.0. The zero-order valence-electron chi connectivity index (χ0n) is 14.6. The maximum Gasteiger partial charge on any atom is 0.243 e. The lowest BCUT2D eigenvalue weighted by Gasteiger charge is -2.33. The van der Waals surface area contributed by atoms with E-state index in [9.17, 15) is 17.6 Å². The van der Waals surface area contributed by atoms with Gasteiger partial charge in [-0.25, -0.2) is 12.8 Å². The van der Waals surface area contributed by atoms with Gasteiger partial charge in [0.05, 0.1) is 4.90 Å². The minimum Gasteiger partial charge on any atom is -0.351 e. The molecule has 1 heterocycles. The van der Waals surface area contributed by atoms with E-state index in [1.165, 1.54) is 22.5 Å². The molecule has 0 aliphatic carbocycles. The quantitative estimate of drug-likeness (QED) is 0.751. The monoisotopic (exact) mass is 454 g/mol. The van der Waals surface area contributed by atoms with Crippen LogP contribution in [-0.2, 0) is 21.4 Å². The molecule has 0 spiro atoms. The summed E-state index contributed by atoms with van der Waals surface area (Å²) in [7, 11) is -3.79. The second kappa shape index (κ2) is 8.50. The zero-order valence-corrected chi connectivity index (χ0v) is 17.0. The third-order valence-corrected chi connectivity index (χ3v) is 7.04. The number of piperidine rings is 1. The molecule has 5 nitrogen and oxygen atoms in total. The van der Waals surface area contributed by atoms with Crippen LogP contribution < -0.4 is 5.32 Å². The summed E-state index contributed by atoms with van der Waals surface area (Å²) in [6, 6.07) is 11.7. The van der Waals surface area contributed by atoms with E-state index in [0.29, 0.717) is 18.4 Å². The molecule has 0 radical (unpaired) electrons. The van der Waals surface area contributed by atoms with Crippen molar-refractivity contribution in [3.8, 4) is 0 Å². The summed E-state index contributed by atoms with van der Waals surface area (Å²) in [5, 5.41) is 2.68. The maximum atomic E-state index is 13.7. The van der Waals surface area contributed by atoms with E-state index in [4.69, 9.17) is 0 Å². The van der Waals surface area contributed by atoms with Gasteiger partial charge in [0.25, 0.3) is 0 Å². The molecule has 0 saturated carbocycles. The van der Waals surface area contributed by atoms with Gasteiger partial charge in [-0.3, -0.25) is 4.79 Å². The summed E-state index contributed by atoms with van der Waals surface area (Å²) in [6.07, 6.45) is 1.91. The normalized spacial score (nSPS) is 18.2. The van der Waals surface area contributed by atoms with Crippen LogP contribution in [0.5, 0.6) is 0 Å². The Morgan fingerprint density at radius 1 is 1.15 bits per heavy atom. The molecule has 0 bridgehead atoms. The van der Waals surface area contributed by atoms with E-state index in [1.54, 1.807) is 30.3 Å². The molecule has 1 saturated heterocycles. The largest absolute Gasteiger partial charge is 0.351 e. The first-order valence-electron chi connectivity index (χ1n) is 8.68. The molecule has 1 fully saturated rings. The molecule has 1 aliphatic rings. The molecule has 1 amide bonds. The smallest absolute Gasteiger partial charge is 0.243 e. The number of halogens is 2. The van der Waals surface area contributed by atoms with Crippen molar-refractivity contribution < 1.29 is 17.6 Å². The van der Waals surface area contributed by atoms with Crippen molar-refractivity contribution in [2.75, 3.05) is 6.54 Å². The Balaban J connectivity index is 1.77. The number of carbonyl (C=O) groups is 1. The summed E-state index contributed by atoms with van der Waals surface area (Å²) >= 11 is 3.29. The number of rotatable bonds is 5. The average molecular weight is 455 g/mol. The fraction of sp³-hybridized carbons (Fsp3) is 0.316. The van der Waals surface area contributed by atoms with Crippen molar-refractivity contribution >= 4 is 31.9 Å². The third-order valence-electron chi connectivity index (χ3n) is 4.59. The van der Waals surface area contributed by atoms with E-state index in [2.05, 4.69) is 21.2 Å². The van der Waals surface area contributed by atoms with E-state index in [1.807, 2.05) is 0 Å². The Morgan fingerprint density at radius 2 is 1.85 bits per heavy atom. The molecule has 1 atom stereocenters. The molecule has 8 heteroatoms. The number of amides is 1. The van der Waals surface area contributed by atoms with E-state index >= 15 is 0 Å². The Labute approximate surface area is 166 Å². The number of carbonyl (C=O) groups excluding carboxylic acids is 1. The first-order chi connectivity index (χ1) is 12.9.